The van der Waals surface area contributed by atoms with Crippen molar-refractivity contribution in [3.8, 4) is 0 Å². The second-order valence-electron chi connectivity index (χ2n) is 7.36. The highest BCUT2D eigenvalue weighted by Crippen LogP contribution is 2.25. The standard InChI is InChI=1S/C22H27N5O2/c1-14(21(28)26-12-15-7-9-17(10-8-15)20(23)24)27-22(29)19-11-18(13-25-19)16-5-3-2-4-6-16/h2-10,14,18-19,25H,11-13H2,1H3,(H3,23,24)(H,26,28)(H,27,29)/t14-,18-,19+/m0/s1. The van der Waals surface area contributed by atoms with Crippen LogP contribution in [0.3, 0.4) is 0 Å². The summed E-state index contributed by atoms with van der Waals surface area (Å²) in [5.41, 5.74) is 8.18. The zero-order chi connectivity index (χ0) is 20.8. The minimum absolute atomic E-state index is 0.00643. The van der Waals surface area contributed by atoms with E-state index in [9.17, 15) is 9.59 Å². The molecule has 1 aliphatic heterocycles. The monoisotopic (exact) mass is 393 g/mol. The molecule has 3 rings (SSSR count). The van der Waals surface area contributed by atoms with Gasteiger partial charge in [0.15, 0.2) is 0 Å². The van der Waals surface area contributed by atoms with Crippen molar-refractivity contribution in [2.75, 3.05) is 6.54 Å². The van der Waals surface area contributed by atoms with Crippen molar-refractivity contribution in [2.24, 2.45) is 5.73 Å². The van der Waals surface area contributed by atoms with Crippen LogP contribution in [0.4, 0.5) is 0 Å². The van der Waals surface area contributed by atoms with Crippen molar-refractivity contribution < 1.29 is 9.59 Å². The molecule has 1 aliphatic rings. The molecule has 0 bridgehead atoms. The van der Waals surface area contributed by atoms with Crippen molar-refractivity contribution in [1.29, 1.82) is 5.41 Å². The fourth-order valence-corrected chi connectivity index (χ4v) is 3.44. The van der Waals surface area contributed by atoms with Gasteiger partial charge >= 0.3 is 0 Å². The van der Waals surface area contributed by atoms with Crippen molar-refractivity contribution in [3.05, 3.63) is 71.3 Å². The molecule has 2 aromatic rings. The summed E-state index contributed by atoms with van der Waals surface area (Å²) in [5, 5.41) is 16.3. The van der Waals surface area contributed by atoms with E-state index in [1.165, 1.54) is 5.56 Å². The third-order valence-corrected chi connectivity index (χ3v) is 5.20. The number of rotatable bonds is 7. The molecular formula is C22H27N5O2. The average molecular weight is 393 g/mol. The lowest BCUT2D eigenvalue weighted by atomic mass is 9.96. The van der Waals surface area contributed by atoms with E-state index in [1.807, 2.05) is 30.3 Å². The predicted octanol–water partition coefficient (Wildman–Crippen LogP) is 1.24. The van der Waals surface area contributed by atoms with Gasteiger partial charge in [-0.2, -0.15) is 0 Å². The lowest BCUT2D eigenvalue weighted by Crippen LogP contribution is -2.49. The van der Waals surface area contributed by atoms with E-state index >= 15 is 0 Å². The quantitative estimate of drug-likeness (QED) is 0.359. The predicted molar refractivity (Wildman–Crippen MR) is 113 cm³/mol. The largest absolute Gasteiger partial charge is 0.384 e. The van der Waals surface area contributed by atoms with Crippen molar-refractivity contribution >= 4 is 17.6 Å². The number of nitrogen functional groups attached to an aromatic ring is 1. The molecule has 0 aliphatic carbocycles. The van der Waals surface area contributed by atoms with Gasteiger partial charge in [0.1, 0.15) is 11.9 Å². The molecule has 7 heteroatoms. The van der Waals surface area contributed by atoms with E-state index in [4.69, 9.17) is 11.1 Å². The molecule has 0 saturated carbocycles. The van der Waals surface area contributed by atoms with Crippen LogP contribution in [0.1, 0.15) is 36.0 Å². The molecule has 0 radical (unpaired) electrons. The molecule has 0 spiro atoms. The first-order valence-electron chi connectivity index (χ1n) is 9.74. The molecule has 1 saturated heterocycles. The number of nitrogens with two attached hydrogens (primary N) is 1. The second kappa shape index (κ2) is 9.34. The third-order valence-electron chi connectivity index (χ3n) is 5.20. The minimum Gasteiger partial charge on any atom is -0.384 e. The Morgan fingerprint density at radius 2 is 1.86 bits per heavy atom. The molecular weight excluding hydrogens is 366 g/mol. The molecule has 29 heavy (non-hydrogen) atoms. The number of amidine groups is 1. The summed E-state index contributed by atoms with van der Waals surface area (Å²) in [7, 11) is 0. The first-order chi connectivity index (χ1) is 13.9. The number of amides is 2. The zero-order valence-corrected chi connectivity index (χ0v) is 16.4. The van der Waals surface area contributed by atoms with Gasteiger partial charge in [-0.3, -0.25) is 15.0 Å². The maximum atomic E-state index is 12.5. The van der Waals surface area contributed by atoms with E-state index in [0.717, 1.165) is 12.1 Å². The Morgan fingerprint density at radius 1 is 1.17 bits per heavy atom. The number of carbonyl (C=O) groups excluding carboxylic acids is 2. The Bertz CT molecular complexity index is 867. The Hall–Kier alpha value is -3.19. The summed E-state index contributed by atoms with van der Waals surface area (Å²) in [5.74, 6) is -0.0931. The summed E-state index contributed by atoms with van der Waals surface area (Å²) in [6.07, 6.45) is 0.715. The number of hydrogen-bond donors (Lipinski definition) is 5. The van der Waals surface area contributed by atoms with Crippen LogP contribution in [0.25, 0.3) is 0 Å². The minimum atomic E-state index is -0.628. The molecule has 2 aromatic carbocycles. The van der Waals surface area contributed by atoms with Crippen LogP contribution < -0.4 is 21.7 Å². The highest BCUT2D eigenvalue weighted by Gasteiger charge is 2.31. The van der Waals surface area contributed by atoms with Crippen molar-refractivity contribution in [1.82, 2.24) is 16.0 Å². The molecule has 6 N–H and O–H groups in total. The van der Waals surface area contributed by atoms with Gasteiger partial charge in [0.25, 0.3) is 0 Å². The Morgan fingerprint density at radius 3 is 2.52 bits per heavy atom. The first-order valence-corrected chi connectivity index (χ1v) is 9.74. The summed E-state index contributed by atoms with van der Waals surface area (Å²) < 4.78 is 0. The van der Waals surface area contributed by atoms with Crippen LogP contribution >= 0.6 is 0 Å². The average Bonchev–Trinajstić information content (AvgIpc) is 3.23. The SMILES string of the molecule is C[C@H](NC(=O)[C@H]1C[C@H](c2ccccc2)CN1)C(=O)NCc1ccc(C(=N)N)cc1. The highest BCUT2D eigenvalue weighted by atomic mass is 16.2. The van der Waals surface area contributed by atoms with E-state index in [1.54, 1.807) is 19.1 Å². The van der Waals surface area contributed by atoms with E-state index in [0.29, 0.717) is 24.4 Å². The van der Waals surface area contributed by atoms with E-state index in [-0.39, 0.29) is 23.7 Å². The maximum absolute atomic E-state index is 12.5. The van der Waals surface area contributed by atoms with E-state index in [2.05, 4.69) is 28.1 Å². The Kier molecular flexibility index (Phi) is 6.61. The lowest BCUT2D eigenvalue weighted by molar-refractivity contribution is -0.129. The number of hydrogen-bond acceptors (Lipinski definition) is 4. The topological polar surface area (TPSA) is 120 Å². The summed E-state index contributed by atoms with van der Waals surface area (Å²) in [4.78, 5) is 24.9. The van der Waals surface area contributed by atoms with Crippen LogP contribution in [0.2, 0.25) is 0 Å². The number of benzene rings is 2. The molecule has 1 heterocycles. The molecule has 0 unspecified atom stereocenters. The highest BCUT2D eigenvalue weighted by molar-refractivity contribution is 5.95. The van der Waals surface area contributed by atoms with Gasteiger partial charge in [0.05, 0.1) is 6.04 Å². The number of nitrogens with one attached hydrogen (secondary N) is 4. The normalized spacial score (nSPS) is 19.3. The van der Waals surface area contributed by atoms with Crippen molar-refractivity contribution in [2.45, 2.75) is 37.9 Å². The lowest BCUT2D eigenvalue weighted by Gasteiger charge is -2.17. The van der Waals surface area contributed by atoms with Crippen molar-refractivity contribution in [3.63, 3.8) is 0 Å². The van der Waals surface area contributed by atoms with Crippen LogP contribution in [0.15, 0.2) is 54.6 Å². The van der Waals surface area contributed by atoms with Crippen LogP contribution in [-0.2, 0) is 16.1 Å². The van der Waals surface area contributed by atoms with Gasteiger partial charge in [-0.15, -0.1) is 0 Å². The van der Waals surface area contributed by atoms with Gasteiger partial charge < -0.3 is 21.7 Å². The molecule has 3 atom stereocenters. The second-order valence-corrected chi connectivity index (χ2v) is 7.36. The first kappa shape index (κ1) is 20.5. The maximum Gasteiger partial charge on any atom is 0.242 e. The fraction of sp³-hybridized carbons (Fsp3) is 0.318. The molecule has 2 amide bonds. The van der Waals surface area contributed by atoms with Crippen LogP contribution in [0.5, 0.6) is 0 Å². The smallest absolute Gasteiger partial charge is 0.242 e. The molecule has 1 fully saturated rings. The fourth-order valence-electron chi connectivity index (χ4n) is 3.44. The van der Waals surface area contributed by atoms with Gasteiger partial charge in [-0.25, -0.2) is 0 Å². The summed E-state index contributed by atoms with van der Waals surface area (Å²) in [6, 6.07) is 16.3. The molecule has 0 aromatic heterocycles. The molecule has 152 valence electrons. The Labute approximate surface area is 170 Å². The van der Waals surface area contributed by atoms with Gasteiger partial charge in [-0.05, 0) is 30.4 Å². The zero-order valence-electron chi connectivity index (χ0n) is 16.4. The summed E-state index contributed by atoms with van der Waals surface area (Å²) in [6.45, 7) is 2.77. The van der Waals surface area contributed by atoms with Gasteiger partial charge in [0.2, 0.25) is 11.8 Å². The Balaban J connectivity index is 1.45. The van der Waals surface area contributed by atoms with Crippen LogP contribution in [0, 0.1) is 5.41 Å². The van der Waals surface area contributed by atoms with E-state index < -0.39 is 6.04 Å². The number of carbonyl (C=O) groups is 2. The third kappa shape index (κ3) is 5.42. The van der Waals surface area contributed by atoms with Gasteiger partial charge in [0, 0.05) is 18.7 Å². The van der Waals surface area contributed by atoms with Crippen LogP contribution in [-0.4, -0.2) is 36.3 Å². The summed E-state index contributed by atoms with van der Waals surface area (Å²) >= 11 is 0. The van der Waals surface area contributed by atoms with Gasteiger partial charge in [-0.1, -0.05) is 54.6 Å². The molecule has 7 nitrogen and oxygen atoms in total.